The fourth-order valence-corrected chi connectivity index (χ4v) is 2.13. The van der Waals surface area contributed by atoms with Crippen molar-refractivity contribution in [3.05, 3.63) is 72.5 Å². The van der Waals surface area contributed by atoms with Crippen molar-refractivity contribution in [1.29, 1.82) is 0 Å². The van der Waals surface area contributed by atoms with E-state index in [4.69, 9.17) is 0 Å². The summed E-state index contributed by atoms with van der Waals surface area (Å²) < 4.78 is 13.3. The zero-order valence-electron chi connectivity index (χ0n) is 9.23. The third-order valence-corrected chi connectivity index (χ3v) is 2.93. The number of hydrogen-bond donors (Lipinski definition) is 0. The molecule has 0 aliphatic carbocycles. The Labute approximate surface area is 99.3 Å². The van der Waals surface area contributed by atoms with Gasteiger partial charge in [-0.15, -0.1) is 0 Å². The van der Waals surface area contributed by atoms with E-state index in [1.165, 1.54) is 11.5 Å². The van der Waals surface area contributed by atoms with Crippen molar-refractivity contribution in [2.45, 2.75) is 0 Å². The van der Waals surface area contributed by atoms with E-state index in [0.29, 0.717) is 0 Å². The maximum atomic E-state index is 13.3. The van der Waals surface area contributed by atoms with Crippen LogP contribution in [0.2, 0.25) is 0 Å². The predicted octanol–water partition coefficient (Wildman–Crippen LogP) is 4.65. The van der Waals surface area contributed by atoms with Crippen LogP contribution in [0.25, 0.3) is 21.9 Å². The standard InChI is InChI=1S/C16H11F/c17-14-8-3-7-13(11-14)16-10-4-6-12-5-1-2-9-15(12)16/h1-11H. The number of hydrogen-bond acceptors (Lipinski definition) is 0. The van der Waals surface area contributed by atoms with Crippen molar-refractivity contribution in [3.8, 4) is 11.1 Å². The molecule has 0 fully saturated rings. The molecule has 0 heterocycles. The Kier molecular flexibility index (Phi) is 2.37. The normalized spacial score (nSPS) is 10.6. The summed E-state index contributed by atoms with van der Waals surface area (Å²) in [5.41, 5.74) is 1.99. The Bertz CT molecular complexity index is 666. The van der Waals surface area contributed by atoms with E-state index >= 15 is 0 Å². The number of fused-ring (bicyclic) bond motifs is 1. The van der Waals surface area contributed by atoms with E-state index in [9.17, 15) is 4.39 Å². The molecule has 0 nitrogen and oxygen atoms in total. The summed E-state index contributed by atoms with van der Waals surface area (Å²) in [5, 5.41) is 2.33. The van der Waals surface area contributed by atoms with Crippen LogP contribution in [0.3, 0.4) is 0 Å². The minimum Gasteiger partial charge on any atom is -0.207 e. The molecule has 3 aromatic carbocycles. The van der Waals surface area contributed by atoms with Crippen LogP contribution in [0.1, 0.15) is 0 Å². The second kappa shape index (κ2) is 4.02. The molecule has 0 bridgehead atoms. The smallest absolute Gasteiger partial charge is 0.123 e. The van der Waals surface area contributed by atoms with Gasteiger partial charge in [0, 0.05) is 0 Å². The Hall–Kier alpha value is -2.15. The summed E-state index contributed by atoms with van der Waals surface area (Å²) in [6.45, 7) is 0. The van der Waals surface area contributed by atoms with Gasteiger partial charge >= 0.3 is 0 Å². The molecular formula is C16H11F. The van der Waals surface area contributed by atoms with Gasteiger partial charge in [0.05, 0.1) is 0 Å². The molecule has 0 unspecified atom stereocenters. The Morgan fingerprint density at radius 2 is 1.47 bits per heavy atom. The zero-order valence-corrected chi connectivity index (χ0v) is 9.23. The monoisotopic (exact) mass is 222 g/mol. The van der Waals surface area contributed by atoms with Crippen molar-refractivity contribution >= 4 is 10.8 Å². The number of halogens is 1. The third-order valence-electron chi connectivity index (χ3n) is 2.93. The second-order valence-corrected chi connectivity index (χ2v) is 4.04. The first kappa shape index (κ1) is 10.0. The summed E-state index contributed by atoms with van der Waals surface area (Å²) in [4.78, 5) is 0. The Morgan fingerprint density at radius 1 is 0.706 bits per heavy atom. The van der Waals surface area contributed by atoms with Gasteiger partial charge in [0.15, 0.2) is 0 Å². The highest BCUT2D eigenvalue weighted by Gasteiger charge is 2.03. The molecule has 0 saturated carbocycles. The minimum atomic E-state index is -0.199. The average molecular weight is 222 g/mol. The van der Waals surface area contributed by atoms with Crippen LogP contribution >= 0.6 is 0 Å². The van der Waals surface area contributed by atoms with Crippen LogP contribution < -0.4 is 0 Å². The van der Waals surface area contributed by atoms with Gasteiger partial charge in [-0.25, -0.2) is 4.39 Å². The third kappa shape index (κ3) is 1.80. The number of benzene rings is 3. The van der Waals surface area contributed by atoms with Crippen LogP contribution in [0.4, 0.5) is 4.39 Å². The van der Waals surface area contributed by atoms with E-state index in [-0.39, 0.29) is 5.82 Å². The first-order chi connectivity index (χ1) is 8.34. The van der Waals surface area contributed by atoms with Crippen molar-refractivity contribution in [1.82, 2.24) is 0 Å². The van der Waals surface area contributed by atoms with E-state index < -0.39 is 0 Å². The summed E-state index contributed by atoms with van der Waals surface area (Å²) in [6, 6.07) is 21.0. The molecule has 0 aromatic heterocycles. The van der Waals surface area contributed by atoms with Gasteiger partial charge in [0.1, 0.15) is 5.82 Å². The molecule has 3 aromatic rings. The maximum absolute atomic E-state index is 13.3. The van der Waals surface area contributed by atoms with Gasteiger partial charge in [-0.3, -0.25) is 0 Å². The molecule has 0 amide bonds. The lowest BCUT2D eigenvalue weighted by Crippen LogP contribution is -1.82. The lowest BCUT2D eigenvalue weighted by molar-refractivity contribution is 0.628. The minimum absolute atomic E-state index is 0.199. The van der Waals surface area contributed by atoms with Gasteiger partial charge in [-0.2, -0.15) is 0 Å². The molecule has 82 valence electrons. The molecule has 0 atom stereocenters. The molecule has 3 rings (SSSR count). The fourth-order valence-electron chi connectivity index (χ4n) is 2.13. The van der Waals surface area contributed by atoms with E-state index in [2.05, 4.69) is 18.2 Å². The van der Waals surface area contributed by atoms with Crippen molar-refractivity contribution < 1.29 is 4.39 Å². The van der Waals surface area contributed by atoms with Gasteiger partial charge in [-0.1, -0.05) is 54.6 Å². The Morgan fingerprint density at radius 3 is 2.35 bits per heavy atom. The van der Waals surface area contributed by atoms with Crippen molar-refractivity contribution in [2.24, 2.45) is 0 Å². The van der Waals surface area contributed by atoms with E-state index in [0.717, 1.165) is 16.5 Å². The molecule has 1 heteroatoms. The largest absolute Gasteiger partial charge is 0.207 e. The quantitative estimate of drug-likeness (QED) is 0.562. The molecule has 0 aliphatic heterocycles. The van der Waals surface area contributed by atoms with Crippen molar-refractivity contribution in [2.75, 3.05) is 0 Å². The Balaban J connectivity index is 2.30. The highest BCUT2D eigenvalue weighted by atomic mass is 19.1. The van der Waals surface area contributed by atoms with Gasteiger partial charge < -0.3 is 0 Å². The van der Waals surface area contributed by atoms with Gasteiger partial charge in [-0.05, 0) is 34.0 Å². The summed E-state index contributed by atoms with van der Waals surface area (Å²) in [6.07, 6.45) is 0. The van der Waals surface area contributed by atoms with Crippen LogP contribution in [0, 0.1) is 5.82 Å². The second-order valence-electron chi connectivity index (χ2n) is 4.04. The molecule has 0 saturated heterocycles. The molecular weight excluding hydrogens is 211 g/mol. The van der Waals surface area contributed by atoms with E-state index in [1.807, 2.05) is 30.3 Å². The summed E-state index contributed by atoms with van der Waals surface area (Å²) in [5.74, 6) is -0.199. The van der Waals surface area contributed by atoms with Gasteiger partial charge in [0.2, 0.25) is 0 Å². The van der Waals surface area contributed by atoms with Gasteiger partial charge in [0.25, 0.3) is 0 Å². The lowest BCUT2D eigenvalue weighted by Gasteiger charge is -2.06. The highest BCUT2D eigenvalue weighted by Crippen LogP contribution is 2.28. The molecule has 0 spiro atoms. The van der Waals surface area contributed by atoms with E-state index in [1.54, 1.807) is 12.1 Å². The highest BCUT2D eigenvalue weighted by molar-refractivity contribution is 5.96. The fraction of sp³-hybridized carbons (Fsp3) is 0. The topological polar surface area (TPSA) is 0 Å². The zero-order chi connectivity index (χ0) is 11.7. The first-order valence-corrected chi connectivity index (χ1v) is 5.58. The van der Waals surface area contributed by atoms with Crippen LogP contribution in [-0.2, 0) is 0 Å². The van der Waals surface area contributed by atoms with Crippen LogP contribution in [0.5, 0.6) is 0 Å². The molecule has 0 radical (unpaired) electrons. The summed E-state index contributed by atoms with van der Waals surface area (Å²) >= 11 is 0. The molecule has 0 N–H and O–H groups in total. The first-order valence-electron chi connectivity index (χ1n) is 5.58. The summed E-state index contributed by atoms with van der Waals surface area (Å²) in [7, 11) is 0. The van der Waals surface area contributed by atoms with Crippen molar-refractivity contribution in [3.63, 3.8) is 0 Å². The average Bonchev–Trinajstić information content (AvgIpc) is 2.38. The molecule has 17 heavy (non-hydrogen) atoms. The predicted molar refractivity (Wildman–Crippen MR) is 69.3 cm³/mol. The number of rotatable bonds is 1. The molecule has 0 aliphatic rings. The lowest BCUT2D eigenvalue weighted by atomic mass is 9.98. The van der Waals surface area contributed by atoms with Crippen LogP contribution in [0.15, 0.2) is 66.7 Å². The maximum Gasteiger partial charge on any atom is 0.123 e. The van der Waals surface area contributed by atoms with Crippen LogP contribution in [-0.4, -0.2) is 0 Å². The SMILES string of the molecule is Fc1cccc(-c2cccc3ccccc23)c1.